The molecule has 4 nitrogen and oxygen atoms in total. The molecule has 0 aromatic heterocycles. The number of nitrogens with one attached hydrogen (secondary N) is 2. The Hall–Kier alpha value is -0.770. The van der Waals surface area contributed by atoms with Crippen molar-refractivity contribution in [3.05, 3.63) is 0 Å². The van der Waals surface area contributed by atoms with Crippen molar-refractivity contribution >= 4 is 6.03 Å². The summed E-state index contributed by atoms with van der Waals surface area (Å²) < 4.78 is 0. The average Bonchev–Trinajstić information content (AvgIpc) is 2.65. The Morgan fingerprint density at radius 1 is 1.64 bits per heavy atom. The highest BCUT2D eigenvalue weighted by Crippen LogP contribution is 2.09. The quantitative estimate of drug-likeness (QED) is 0.706. The maximum atomic E-state index is 11.5. The predicted molar refractivity (Wildman–Crippen MR) is 57.3 cm³/mol. The van der Waals surface area contributed by atoms with E-state index < -0.39 is 0 Å². The molecule has 1 saturated heterocycles. The number of amides is 2. The molecule has 1 aliphatic heterocycles. The number of rotatable bonds is 3. The van der Waals surface area contributed by atoms with Crippen molar-refractivity contribution < 1.29 is 4.79 Å². The van der Waals surface area contributed by atoms with Gasteiger partial charge in [-0.15, -0.1) is 0 Å². The van der Waals surface area contributed by atoms with E-state index >= 15 is 0 Å². The van der Waals surface area contributed by atoms with Crippen LogP contribution in [0.1, 0.15) is 26.7 Å². The van der Waals surface area contributed by atoms with E-state index in [1.165, 1.54) is 12.8 Å². The lowest BCUT2D eigenvalue weighted by molar-refractivity contribution is 0.179. The van der Waals surface area contributed by atoms with Gasteiger partial charge in [0.25, 0.3) is 0 Å². The van der Waals surface area contributed by atoms with Gasteiger partial charge in [-0.3, -0.25) is 0 Å². The van der Waals surface area contributed by atoms with Gasteiger partial charge in [0.1, 0.15) is 0 Å². The molecule has 1 rings (SSSR count). The normalized spacial score (nSPS) is 21.3. The first-order valence-electron chi connectivity index (χ1n) is 5.37. The molecular formula is C10H21N3O. The molecule has 1 aliphatic rings. The summed E-state index contributed by atoms with van der Waals surface area (Å²) in [6, 6.07) is 0.765. The third kappa shape index (κ3) is 2.87. The number of hydrogen-bond donors (Lipinski definition) is 2. The van der Waals surface area contributed by atoms with Crippen LogP contribution >= 0.6 is 0 Å². The summed E-state index contributed by atoms with van der Waals surface area (Å²) in [7, 11) is 1.68. The van der Waals surface area contributed by atoms with E-state index in [0.717, 1.165) is 13.1 Å². The van der Waals surface area contributed by atoms with Gasteiger partial charge in [-0.05, 0) is 33.2 Å². The first-order valence-corrected chi connectivity index (χ1v) is 5.37. The van der Waals surface area contributed by atoms with Crippen LogP contribution in [0.25, 0.3) is 0 Å². The Morgan fingerprint density at radius 3 is 2.79 bits per heavy atom. The first-order chi connectivity index (χ1) is 6.65. The van der Waals surface area contributed by atoms with E-state index in [-0.39, 0.29) is 12.1 Å². The molecule has 0 spiro atoms. The van der Waals surface area contributed by atoms with Crippen molar-refractivity contribution in [1.82, 2.24) is 15.5 Å². The minimum absolute atomic E-state index is 0.0219. The van der Waals surface area contributed by atoms with Gasteiger partial charge in [0.2, 0.25) is 0 Å². The lowest BCUT2D eigenvalue weighted by Crippen LogP contribution is -2.48. The SMILES string of the molecule is CNC(=O)N(CC1CCCN1)C(C)C. The maximum absolute atomic E-state index is 11.5. The molecule has 0 saturated carbocycles. The molecule has 1 fully saturated rings. The van der Waals surface area contributed by atoms with Crippen molar-refractivity contribution in [2.24, 2.45) is 0 Å². The highest BCUT2D eigenvalue weighted by Gasteiger charge is 2.22. The van der Waals surface area contributed by atoms with Crippen LogP contribution in [0.3, 0.4) is 0 Å². The van der Waals surface area contributed by atoms with E-state index in [1.807, 2.05) is 18.7 Å². The van der Waals surface area contributed by atoms with E-state index in [2.05, 4.69) is 10.6 Å². The van der Waals surface area contributed by atoms with Crippen molar-refractivity contribution in [1.29, 1.82) is 0 Å². The average molecular weight is 199 g/mol. The molecule has 2 amide bonds. The molecule has 2 N–H and O–H groups in total. The lowest BCUT2D eigenvalue weighted by atomic mass is 10.2. The Labute approximate surface area is 86.0 Å². The predicted octanol–water partition coefficient (Wildman–Crippen LogP) is 0.788. The number of nitrogens with zero attached hydrogens (tertiary/aromatic N) is 1. The molecule has 0 aliphatic carbocycles. The minimum atomic E-state index is 0.0219. The molecule has 0 bridgehead atoms. The molecule has 82 valence electrons. The number of carbonyl (C=O) groups excluding carboxylic acids is 1. The third-order valence-corrected chi connectivity index (χ3v) is 2.68. The number of hydrogen-bond acceptors (Lipinski definition) is 2. The molecule has 14 heavy (non-hydrogen) atoms. The van der Waals surface area contributed by atoms with E-state index in [4.69, 9.17) is 0 Å². The fourth-order valence-corrected chi connectivity index (χ4v) is 1.82. The zero-order chi connectivity index (χ0) is 10.6. The van der Waals surface area contributed by atoms with Crippen LogP contribution in [0.4, 0.5) is 4.79 Å². The third-order valence-electron chi connectivity index (χ3n) is 2.68. The van der Waals surface area contributed by atoms with Crippen LogP contribution < -0.4 is 10.6 Å². The molecule has 0 radical (unpaired) electrons. The van der Waals surface area contributed by atoms with E-state index in [1.54, 1.807) is 7.05 Å². The summed E-state index contributed by atoms with van der Waals surface area (Å²) >= 11 is 0. The topological polar surface area (TPSA) is 44.4 Å². The standard InChI is InChI=1S/C10H21N3O/c1-8(2)13(10(14)11-3)7-9-5-4-6-12-9/h8-9,12H,4-7H2,1-3H3,(H,11,14). The van der Waals surface area contributed by atoms with E-state index in [0.29, 0.717) is 6.04 Å². The van der Waals surface area contributed by atoms with Gasteiger partial charge in [-0.2, -0.15) is 0 Å². The van der Waals surface area contributed by atoms with Gasteiger partial charge in [0, 0.05) is 25.7 Å². The second-order valence-corrected chi connectivity index (χ2v) is 4.09. The first kappa shape index (κ1) is 11.3. The van der Waals surface area contributed by atoms with Crippen LogP contribution in [0.5, 0.6) is 0 Å². The molecule has 0 aromatic rings. The van der Waals surface area contributed by atoms with Gasteiger partial charge in [-0.25, -0.2) is 4.79 Å². The fourth-order valence-electron chi connectivity index (χ4n) is 1.82. The summed E-state index contributed by atoms with van der Waals surface area (Å²) in [5.74, 6) is 0. The highest BCUT2D eigenvalue weighted by molar-refractivity contribution is 5.74. The van der Waals surface area contributed by atoms with Gasteiger partial charge < -0.3 is 15.5 Å². The van der Waals surface area contributed by atoms with Crippen molar-refractivity contribution in [2.45, 2.75) is 38.8 Å². The molecule has 1 unspecified atom stereocenters. The summed E-state index contributed by atoms with van der Waals surface area (Å²) in [5.41, 5.74) is 0. The van der Waals surface area contributed by atoms with Crippen LogP contribution in [0, 0.1) is 0 Å². The van der Waals surface area contributed by atoms with Crippen LogP contribution in [0.15, 0.2) is 0 Å². The van der Waals surface area contributed by atoms with Crippen LogP contribution in [0.2, 0.25) is 0 Å². The molecular weight excluding hydrogens is 178 g/mol. The fraction of sp³-hybridized carbons (Fsp3) is 0.900. The molecule has 0 aromatic carbocycles. The number of urea groups is 1. The van der Waals surface area contributed by atoms with Gasteiger partial charge >= 0.3 is 6.03 Å². The number of carbonyl (C=O) groups is 1. The highest BCUT2D eigenvalue weighted by atomic mass is 16.2. The molecule has 1 heterocycles. The Bertz CT molecular complexity index is 188. The smallest absolute Gasteiger partial charge is 0.317 e. The van der Waals surface area contributed by atoms with Crippen molar-refractivity contribution in [2.75, 3.05) is 20.1 Å². The summed E-state index contributed by atoms with van der Waals surface area (Å²) in [4.78, 5) is 13.4. The second-order valence-electron chi connectivity index (χ2n) is 4.09. The second kappa shape index (κ2) is 5.20. The zero-order valence-corrected chi connectivity index (χ0v) is 9.34. The minimum Gasteiger partial charge on any atom is -0.341 e. The van der Waals surface area contributed by atoms with Crippen LogP contribution in [-0.2, 0) is 0 Å². The van der Waals surface area contributed by atoms with Crippen LogP contribution in [-0.4, -0.2) is 43.2 Å². The lowest BCUT2D eigenvalue weighted by Gasteiger charge is -2.29. The maximum Gasteiger partial charge on any atom is 0.317 e. The zero-order valence-electron chi connectivity index (χ0n) is 9.34. The van der Waals surface area contributed by atoms with Gasteiger partial charge in [0.15, 0.2) is 0 Å². The summed E-state index contributed by atoms with van der Waals surface area (Å²) in [6.45, 7) is 6.00. The van der Waals surface area contributed by atoms with E-state index in [9.17, 15) is 4.79 Å². The molecule has 4 heteroatoms. The Kier molecular flexibility index (Phi) is 4.20. The summed E-state index contributed by atoms with van der Waals surface area (Å²) in [5, 5.41) is 6.08. The van der Waals surface area contributed by atoms with Gasteiger partial charge in [-0.1, -0.05) is 0 Å². The van der Waals surface area contributed by atoms with Crippen molar-refractivity contribution in [3.8, 4) is 0 Å². The Balaban J connectivity index is 2.45. The largest absolute Gasteiger partial charge is 0.341 e. The summed E-state index contributed by atoms with van der Waals surface area (Å²) in [6.07, 6.45) is 2.41. The molecule has 1 atom stereocenters. The Morgan fingerprint density at radius 2 is 2.36 bits per heavy atom. The monoisotopic (exact) mass is 199 g/mol. The van der Waals surface area contributed by atoms with Gasteiger partial charge in [0.05, 0.1) is 0 Å². The van der Waals surface area contributed by atoms with Crippen molar-refractivity contribution in [3.63, 3.8) is 0 Å².